The number of halogens is 1. The van der Waals surface area contributed by atoms with Crippen LogP contribution in [-0.2, 0) is 16.0 Å². The maximum atomic E-state index is 12.1. The molecule has 6 nitrogen and oxygen atoms in total. The number of carbonyl (C=O) groups is 1. The third-order valence-corrected chi connectivity index (χ3v) is 4.56. The van der Waals surface area contributed by atoms with Gasteiger partial charge in [-0.05, 0) is 46.2 Å². The number of nitrogens with zero attached hydrogens (tertiary/aromatic N) is 1. The first-order valence-corrected chi connectivity index (χ1v) is 7.94. The Hall–Kier alpha value is -1.11. The van der Waals surface area contributed by atoms with E-state index in [1.165, 1.54) is 0 Å². The molecule has 1 amide bonds. The summed E-state index contributed by atoms with van der Waals surface area (Å²) in [4.78, 5) is 12.1. The highest BCUT2D eigenvalue weighted by molar-refractivity contribution is 5.85. The van der Waals surface area contributed by atoms with Crippen LogP contribution in [0.4, 0.5) is 0 Å². The van der Waals surface area contributed by atoms with E-state index in [2.05, 4.69) is 15.8 Å². The van der Waals surface area contributed by atoms with Gasteiger partial charge in [0.05, 0.1) is 12.3 Å². The average Bonchev–Trinajstić information content (AvgIpc) is 2.83. The maximum absolute atomic E-state index is 12.1. The van der Waals surface area contributed by atoms with Crippen molar-refractivity contribution in [3.63, 3.8) is 0 Å². The van der Waals surface area contributed by atoms with Crippen LogP contribution in [0, 0.1) is 19.3 Å². The monoisotopic (exact) mass is 345 g/mol. The Morgan fingerprint density at radius 1 is 1.39 bits per heavy atom. The number of aromatic nitrogens is 1. The summed E-state index contributed by atoms with van der Waals surface area (Å²) in [7, 11) is 1.73. The molecule has 0 radical (unpaired) electrons. The first-order chi connectivity index (χ1) is 10.6. The lowest BCUT2D eigenvalue weighted by Crippen LogP contribution is -2.47. The molecule has 0 atom stereocenters. The minimum absolute atomic E-state index is 0. The molecule has 23 heavy (non-hydrogen) atoms. The van der Waals surface area contributed by atoms with E-state index in [-0.39, 0.29) is 23.7 Å². The van der Waals surface area contributed by atoms with Crippen molar-refractivity contribution in [2.75, 3.05) is 33.4 Å². The average molecular weight is 346 g/mol. The third kappa shape index (κ3) is 5.48. The molecule has 1 aliphatic heterocycles. The molecule has 2 heterocycles. The molecule has 0 aromatic carbocycles. The summed E-state index contributed by atoms with van der Waals surface area (Å²) < 4.78 is 10.5. The van der Waals surface area contributed by atoms with Gasteiger partial charge in [0.15, 0.2) is 0 Å². The van der Waals surface area contributed by atoms with Crippen molar-refractivity contribution in [1.82, 2.24) is 15.8 Å². The van der Waals surface area contributed by atoms with E-state index in [1.807, 2.05) is 13.8 Å². The number of carbonyl (C=O) groups excluding carboxylic acids is 1. The molecule has 7 heteroatoms. The van der Waals surface area contributed by atoms with Gasteiger partial charge in [0.25, 0.3) is 0 Å². The Bertz CT molecular complexity index is 474. The van der Waals surface area contributed by atoms with Gasteiger partial charge < -0.3 is 19.9 Å². The third-order valence-electron chi connectivity index (χ3n) is 4.56. The second-order valence-electron chi connectivity index (χ2n) is 6.26. The van der Waals surface area contributed by atoms with Crippen molar-refractivity contribution >= 4 is 18.3 Å². The highest BCUT2D eigenvalue weighted by Gasteiger charge is 2.32. The van der Waals surface area contributed by atoms with Crippen LogP contribution in [0.3, 0.4) is 0 Å². The van der Waals surface area contributed by atoms with Crippen LogP contribution in [0.15, 0.2) is 4.52 Å². The summed E-state index contributed by atoms with van der Waals surface area (Å²) in [5.74, 6) is 0.883. The zero-order chi connectivity index (χ0) is 16.0. The molecule has 1 aliphatic rings. The standard InChI is InChI=1S/C16H27N3O3.ClH/c1-12-14(13(2)22-19-12)4-5-15(20)18-10-16(11-21-3)6-8-17-9-7-16;/h17H,4-11H2,1-3H3,(H,18,20);1H. The van der Waals surface area contributed by atoms with Gasteiger partial charge in [-0.25, -0.2) is 0 Å². The lowest BCUT2D eigenvalue weighted by atomic mass is 9.79. The Labute approximate surface area is 144 Å². The molecule has 0 unspecified atom stereocenters. The van der Waals surface area contributed by atoms with Crippen molar-refractivity contribution in [3.05, 3.63) is 17.0 Å². The smallest absolute Gasteiger partial charge is 0.220 e. The first-order valence-electron chi connectivity index (χ1n) is 7.94. The van der Waals surface area contributed by atoms with E-state index in [0.717, 1.165) is 42.9 Å². The number of methoxy groups -OCH3 is 1. The number of amides is 1. The van der Waals surface area contributed by atoms with Crippen molar-refractivity contribution in [2.45, 2.75) is 39.5 Å². The number of nitrogens with one attached hydrogen (secondary N) is 2. The van der Waals surface area contributed by atoms with Crippen LogP contribution in [0.2, 0.25) is 0 Å². The molecule has 1 aromatic rings. The highest BCUT2D eigenvalue weighted by Crippen LogP contribution is 2.28. The number of piperidine rings is 1. The summed E-state index contributed by atoms with van der Waals surface area (Å²) in [5.41, 5.74) is 1.99. The first kappa shape index (κ1) is 19.9. The number of hydrogen-bond acceptors (Lipinski definition) is 5. The minimum atomic E-state index is 0. The predicted octanol–water partition coefficient (Wildman–Crippen LogP) is 1.78. The fourth-order valence-electron chi connectivity index (χ4n) is 3.11. The van der Waals surface area contributed by atoms with E-state index in [1.54, 1.807) is 7.11 Å². The number of ether oxygens (including phenoxy) is 1. The second kappa shape index (κ2) is 9.25. The topological polar surface area (TPSA) is 76.4 Å². The Morgan fingerprint density at radius 3 is 2.65 bits per heavy atom. The largest absolute Gasteiger partial charge is 0.384 e. The van der Waals surface area contributed by atoms with Gasteiger partial charge >= 0.3 is 0 Å². The van der Waals surface area contributed by atoms with E-state index in [0.29, 0.717) is 26.0 Å². The van der Waals surface area contributed by atoms with Gasteiger partial charge in [-0.15, -0.1) is 12.4 Å². The van der Waals surface area contributed by atoms with Crippen LogP contribution in [0.5, 0.6) is 0 Å². The summed E-state index contributed by atoms with van der Waals surface area (Å²) >= 11 is 0. The van der Waals surface area contributed by atoms with E-state index in [4.69, 9.17) is 9.26 Å². The molecule has 0 spiro atoms. The molecule has 1 fully saturated rings. The van der Waals surface area contributed by atoms with Gasteiger partial charge in [0.1, 0.15) is 5.76 Å². The van der Waals surface area contributed by atoms with Crippen LogP contribution in [0.25, 0.3) is 0 Å². The molecule has 0 bridgehead atoms. The number of aryl methyl sites for hydroxylation is 2. The molecule has 2 N–H and O–H groups in total. The molecule has 132 valence electrons. The zero-order valence-electron chi connectivity index (χ0n) is 14.2. The van der Waals surface area contributed by atoms with Crippen molar-refractivity contribution in [1.29, 1.82) is 0 Å². The summed E-state index contributed by atoms with van der Waals surface area (Å²) in [5, 5.41) is 10.4. The number of hydrogen-bond donors (Lipinski definition) is 2. The van der Waals surface area contributed by atoms with Gasteiger partial charge in [-0.2, -0.15) is 0 Å². The molecular formula is C16H28ClN3O3. The molecule has 2 rings (SSSR count). The van der Waals surface area contributed by atoms with Crippen molar-refractivity contribution < 1.29 is 14.1 Å². The fourth-order valence-corrected chi connectivity index (χ4v) is 3.11. The van der Waals surface area contributed by atoms with Crippen LogP contribution >= 0.6 is 12.4 Å². The predicted molar refractivity (Wildman–Crippen MR) is 91.0 cm³/mol. The molecule has 0 saturated carbocycles. The Balaban J connectivity index is 0.00000264. The zero-order valence-corrected chi connectivity index (χ0v) is 15.1. The normalized spacial score (nSPS) is 16.7. The van der Waals surface area contributed by atoms with Crippen molar-refractivity contribution in [3.8, 4) is 0 Å². The maximum Gasteiger partial charge on any atom is 0.220 e. The van der Waals surface area contributed by atoms with Crippen molar-refractivity contribution in [2.24, 2.45) is 5.41 Å². The van der Waals surface area contributed by atoms with Crippen LogP contribution in [0.1, 0.15) is 36.3 Å². The Morgan fingerprint density at radius 2 is 2.09 bits per heavy atom. The van der Waals surface area contributed by atoms with Gasteiger partial charge in [0.2, 0.25) is 5.91 Å². The van der Waals surface area contributed by atoms with E-state index in [9.17, 15) is 4.79 Å². The van der Waals surface area contributed by atoms with Gasteiger partial charge in [-0.1, -0.05) is 5.16 Å². The highest BCUT2D eigenvalue weighted by atomic mass is 35.5. The Kier molecular flexibility index (Phi) is 8.02. The molecule has 0 aliphatic carbocycles. The van der Waals surface area contributed by atoms with Gasteiger partial charge in [0, 0.05) is 31.1 Å². The van der Waals surface area contributed by atoms with E-state index >= 15 is 0 Å². The lowest BCUT2D eigenvalue weighted by Gasteiger charge is -2.37. The number of rotatable bonds is 7. The molecular weight excluding hydrogens is 318 g/mol. The fraction of sp³-hybridized carbons (Fsp3) is 0.750. The summed E-state index contributed by atoms with van der Waals surface area (Å²) in [6.07, 6.45) is 3.20. The molecule has 1 saturated heterocycles. The SMILES string of the molecule is COCC1(CNC(=O)CCc2c(C)noc2C)CCNCC1.Cl. The van der Waals surface area contributed by atoms with Gasteiger partial charge in [-0.3, -0.25) is 4.79 Å². The van der Waals surface area contributed by atoms with Crippen LogP contribution in [-0.4, -0.2) is 44.4 Å². The summed E-state index contributed by atoms with van der Waals surface area (Å²) in [6, 6.07) is 0. The lowest BCUT2D eigenvalue weighted by molar-refractivity contribution is -0.122. The second-order valence-corrected chi connectivity index (χ2v) is 6.26. The van der Waals surface area contributed by atoms with E-state index < -0.39 is 0 Å². The summed E-state index contributed by atoms with van der Waals surface area (Å²) in [6.45, 7) is 7.14. The quantitative estimate of drug-likeness (QED) is 0.787. The molecule has 1 aromatic heterocycles. The minimum Gasteiger partial charge on any atom is -0.384 e. The van der Waals surface area contributed by atoms with Crippen LogP contribution < -0.4 is 10.6 Å².